The van der Waals surface area contributed by atoms with Gasteiger partial charge in [0.2, 0.25) is 0 Å². The second-order valence-corrected chi connectivity index (χ2v) is 5.20. The zero-order chi connectivity index (χ0) is 13.8. The van der Waals surface area contributed by atoms with E-state index in [2.05, 4.69) is 15.3 Å². The molecule has 1 heterocycles. The molecule has 7 heteroatoms. The van der Waals surface area contributed by atoms with Crippen LogP contribution in [0.25, 0.3) is 0 Å². The fourth-order valence-electron chi connectivity index (χ4n) is 1.27. The van der Waals surface area contributed by atoms with Gasteiger partial charge in [0.1, 0.15) is 5.60 Å². The van der Waals surface area contributed by atoms with Crippen molar-refractivity contribution in [2.45, 2.75) is 32.8 Å². The van der Waals surface area contributed by atoms with E-state index in [4.69, 9.17) is 17.0 Å². The quantitative estimate of drug-likeness (QED) is 0.727. The Hall–Kier alpha value is -1.63. The molecule has 18 heavy (non-hydrogen) atoms. The molecule has 0 saturated heterocycles. The van der Waals surface area contributed by atoms with Gasteiger partial charge in [0.05, 0.1) is 0 Å². The maximum absolute atomic E-state index is 11.4. The van der Waals surface area contributed by atoms with E-state index in [0.29, 0.717) is 18.7 Å². The van der Waals surface area contributed by atoms with Gasteiger partial charge in [0.15, 0.2) is 4.77 Å². The predicted molar refractivity (Wildman–Crippen MR) is 70.2 cm³/mol. The number of hydrogen-bond acceptors (Lipinski definition) is 4. The molecule has 6 nitrogen and oxygen atoms in total. The van der Waals surface area contributed by atoms with Crippen LogP contribution in [0.4, 0.5) is 4.79 Å². The van der Waals surface area contributed by atoms with E-state index >= 15 is 0 Å². The molecule has 1 amide bonds. The first-order valence-electron chi connectivity index (χ1n) is 5.56. The van der Waals surface area contributed by atoms with Gasteiger partial charge in [0.25, 0.3) is 5.56 Å². The van der Waals surface area contributed by atoms with Crippen LogP contribution < -0.4 is 10.9 Å². The van der Waals surface area contributed by atoms with E-state index in [9.17, 15) is 9.59 Å². The second kappa shape index (κ2) is 5.81. The standard InChI is InChI=1S/C11H17N3O3S/c1-11(2,3)17-10(16)12-5-4-7-6-8(15)14-9(18)13-7/h6H,4-5H2,1-3H3,(H,12,16)(H2,13,14,15,18). The molecule has 0 aromatic carbocycles. The third-order valence-corrected chi connectivity index (χ3v) is 2.08. The summed E-state index contributed by atoms with van der Waals surface area (Å²) in [4.78, 5) is 27.8. The number of H-pyrrole nitrogens is 2. The van der Waals surface area contributed by atoms with E-state index in [1.54, 1.807) is 20.8 Å². The molecule has 0 aliphatic rings. The number of alkyl carbamates (subject to hydrolysis) is 1. The summed E-state index contributed by atoms with van der Waals surface area (Å²) < 4.78 is 5.35. The highest BCUT2D eigenvalue weighted by Gasteiger charge is 2.15. The summed E-state index contributed by atoms with van der Waals surface area (Å²) in [5.74, 6) is 0. The van der Waals surface area contributed by atoms with Gasteiger partial charge in [-0.2, -0.15) is 0 Å². The Bertz CT molecular complexity index is 499. The average molecular weight is 271 g/mol. The monoisotopic (exact) mass is 271 g/mol. The largest absolute Gasteiger partial charge is 0.444 e. The van der Waals surface area contributed by atoms with Crippen LogP contribution in [0.1, 0.15) is 26.5 Å². The Labute approximate surface area is 110 Å². The van der Waals surface area contributed by atoms with Gasteiger partial charge in [-0.15, -0.1) is 0 Å². The van der Waals surface area contributed by atoms with Crippen LogP contribution in [0.2, 0.25) is 0 Å². The molecular formula is C11H17N3O3S. The maximum Gasteiger partial charge on any atom is 0.407 e. The molecular weight excluding hydrogens is 254 g/mol. The minimum Gasteiger partial charge on any atom is -0.444 e. The number of rotatable bonds is 3. The first-order valence-corrected chi connectivity index (χ1v) is 5.96. The molecule has 0 fully saturated rings. The lowest BCUT2D eigenvalue weighted by molar-refractivity contribution is 0.0528. The van der Waals surface area contributed by atoms with Crippen LogP contribution >= 0.6 is 12.2 Å². The van der Waals surface area contributed by atoms with Gasteiger partial charge in [0, 0.05) is 24.7 Å². The molecule has 1 aromatic heterocycles. The Morgan fingerprint density at radius 3 is 2.67 bits per heavy atom. The molecule has 0 aliphatic heterocycles. The topological polar surface area (TPSA) is 87.0 Å². The first-order chi connectivity index (χ1) is 8.26. The Morgan fingerprint density at radius 2 is 2.11 bits per heavy atom. The molecule has 1 aromatic rings. The number of ether oxygens (including phenoxy) is 1. The summed E-state index contributed by atoms with van der Waals surface area (Å²) in [7, 11) is 0. The van der Waals surface area contributed by atoms with Gasteiger partial charge in [-0.1, -0.05) is 0 Å². The van der Waals surface area contributed by atoms with Crippen molar-refractivity contribution in [1.82, 2.24) is 15.3 Å². The van der Waals surface area contributed by atoms with E-state index in [-0.39, 0.29) is 10.3 Å². The number of hydrogen-bond donors (Lipinski definition) is 3. The fraction of sp³-hybridized carbons (Fsp3) is 0.545. The van der Waals surface area contributed by atoms with Crippen LogP contribution in [-0.2, 0) is 11.2 Å². The van der Waals surface area contributed by atoms with E-state index in [0.717, 1.165) is 0 Å². The normalized spacial score (nSPS) is 11.1. The predicted octanol–water partition coefficient (Wildman–Crippen LogP) is 1.50. The summed E-state index contributed by atoms with van der Waals surface area (Å²) in [6.45, 7) is 5.74. The van der Waals surface area contributed by atoms with Gasteiger partial charge in [-0.3, -0.25) is 9.78 Å². The zero-order valence-corrected chi connectivity index (χ0v) is 11.4. The second-order valence-electron chi connectivity index (χ2n) is 4.79. The number of aromatic amines is 2. The van der Waals surface area contributed by atoms with E-state index < -0.39 is 11.7 Å². The average Bonchev–Trinajstić information content (AvgIpc) is 2.12. The van der Waals surface area contributed by atoms with Crippen molar-refractivity contribution in [3.05, 3.63) is 26.9 Å². The van der Waals surface area contributed by atoms with Crippen molar-refractivity contribution in [2.24, 2.45) is 0 Å². The van der Waals surface area contributed by atoms with Crippen molar-refractivity contribution in [2.75, 3.05) is 6.54 Å². The molecule has 0 radical (unpaired) electrons. The van der Waals surface area contributed by atoms with Crippen molar-refractivity contribution in [1.29, 1.82) is 0 Å². The lowest BCUT2D eigenvalue weighted by Gasteiger charge is -2.19. The van der Waals surface area contributed by atoms with Crippen LogP contribution in [0.5, 0.6) is 0 Å². The lowest BCUT2D eigenvalue weighted by atomic mass is 10.2. The Balaban J connectivity index is 2.45. The van der Waals surface area contributed by atoms with Crippen LogP contribution in [0.15, 0.2) is 10.9 Å². The van der Waals surface area contributed by atoms with E-state index in [1.165, 1.54) is 6.07 Å². The summed E-state index contributed by atoms with van der Waals surface area (Å²) >= 11 is 4.84. The molecule has 3 N–H and O–H groups in total. The smallest absolute Gasteiger partial charge is 0.407 e. The SMILES string of the molecule is CC(C)(C)OC(=O)NCCc1cc(=O)[nH]c(=S)[nH]1. The molecule has 0 bridgehead atoms. The number of aromatic nitrogens is 2. The fourth-order valence-corrected chi connectivity index (χ4v) is 1.50. The van der Waals surface area contributed by atoms with Crippen LogP contribution in [0.3, 0.4) is 0 Å². The minimum atomic E-state index is -0.520. The number of carbonyl (C=O) groups excluding carboxylic acids is 1. The van der Waals surface area contributed by atoms with Gasteiger partial charge >= 0.3 is 6.09 Å². The minimum absolute atomic E-state index is 0.258. The van der Waals surface area contributed by atoms with E-state index in [1.807, 2.05) is 0 Å². The number of amides is 1. The van der Waals surface area contributed by atoms with Crippen molar-refractivity contribution < 1.29 is 9.53 Å². The zero-order valence-electron chi connectivity index (χ0n) is 10.6. The van der Waals surface area contributed by atoms with Crippen LogP contribution in [0, 0.1) is 4.77 Å². The van der Waals surface area contributed by atoms with Crippen molar-refractivity contribution in [3.63, 3.8) is 0 Å². The molecule has 0 atom stereocenters. The maximum atomic E-state index is 11.4. The molecule has 0 aliphatic carbocycles. The van der Waals surface area contributed by atoms with Crippen molar-refractivity contribution >= 4 is 18.3 Å². The Kier molecular flexibility index (Phi) is 4.66. The molecule has 0 saturated carbocycles. The summed E-state index contributed by atoms with van der Waals surface area (Å²) in [6.07, 6.45) is -0.00164. The molecule has 100 valence electrons. The molecule has 0 unspecified atom stereocenters. The number of carbonyl (C=O) groups is 1. The van der Waals surface area contributed by atoms with Gasteiger partial charge in [-0.05, 0) is 33.0 Å². The molecule has 0 spiro atoms. The summed E-state index contributed by atoms with van der Waals surface area (Å²) in [6, 6.07) is 1.41. The van der Waals surface area contributed by atoms with Crippen LogP contribution in [-0.4, -0.2) is 28.2 Å². The third-order valence-electron chi connectivity index (χ3n) is 1.88. The third kappa shape index (κ3) is 5.62. The molecule has 1 rings (SSSR count). The van der Waals surface area contributed by atoms with Gasteiger partial charge < -0.3 is 15.0 Å². The first kappa shape index (κ1) is 14.4. The summed E-state index contributed by atoms with van der Waals surface area (Å²) in [5, 5.41) is 2.60. The highest BCUT2D eigenvalue weighted by Crippen LogP contribution is 2.06. The highest BCUT2D eigenvalue weighted by atomic mass is 32.1. The van der Waals surface area contributed by atoms with Crippen molar-refractivity contribution in [3.8, 4) is 0 Å². The highest BCUT2D eigenvalue weighted by molar-refractivity contribution is 7.71. The summed E-state index contributed by atoms with van der Waals surface area (Å²) in [5.41, 5.74) is -0.112. The lowest BCUT2D eigenvalue weighted by Crippen LogP contribution is -2.33. The number of nitrogens with one attached hydrogen (secondary N) is 3. The van der Waals surface area contributed by atoms with Gasteiger partial charge in [-0.25, -0.2) is 4.79 Å². The Morgan fingerprint density at radius 1 is 1.44 bits per heavy atom.